The number of nitrogen functional groups attached to an aromatic ring is 1. The number of benzene rings is 2. The first kappa shape index (κ1) is 17.3. The van der Waals surface area contributed by atoms with Gasteiger partial charge in [-0.1, -0.05) is 6.07 Å². The normalized spacial score (nSPS) is 15.4. The van der Waals surface area contributed by atoms with E-state index in [0.717, 1.165) is 54.0 Å². The molecule has 1 fully saturated rings. The summed E-state index contributed by atoms with van der Waals surface area (Å²) in [6.07, 6.45) is 0. The Labute approximate surface area is 160 Å². The standard InChI is InChI=1S/C19H20BrN3O3/c20-14-2-1-3-16-18(14)26-19(22-16)13-4-5-17(15(21)12-13)25-11-8-23-6-9-24-10-7-23/h1-5,12H,6-11,21H2. The molecule has 0 aliphatic carbocycles. The lowest BCUT2D eigenvalue weighted by Gasteiger charge is -2.26. The average molecular weight is 418 g/mol. The molecule has 1 aliphatic heterocycles. The van der Waals surface area contributed by atoms with E-state index in [4.69, 9.17) is 19.6 Å². The molecule has 26 heavy (non-hydrogen) atoms. The largest absolute Gasteiger partial charge is 0.490 e. The summed E-state index contributed by atoms with van der Waals surface area (Å²) >= 11 is 3.48. The van der Waals surface area contributed by atoms with Crippen LogP contribution in [0, 0.1) is 0 Å². The molecular weight excluding hydrogens is 398 g/mol. The van der Waals surface area contributed by atoms with Crippen molar-refractivity contribution in [2.45, 2.75) is 0 Å². The summed E-state index contributed by atoms with van der Waals surface area (Å²) < 4.78 is 17.9. The van der Waals surface area contributed by atoms with Crippen LogP contribution in [-0.2, 0) is 4.74 Å². The van der Waals surface area contributed by atoms with Crippen molar-refractivity contribution in [1.82, 2.24) is 9.88 Å². The van der Waals surface area contributed by atoms with Gasteiger partial charge < -0.3 is 19.6 Å². The Hall–Kier alpha value is -2.09. The molecule has 6 nitrogen and oxygen atoms in total. The Kier molecular flexibility index (Phi) is 5.10. The third-order valence-corrected chi connectivity index (χ3v) is 5.02. The number of hydrogen-bond acceptors (Lipinski definition) is 6. The van der Waals surface area contributed by atoms with Gasteiger partial charge in [0.2, 0.25) is 5.89 Å². The molecule has 1 aromatic heterocycles. The Morgan fingerprint density at radius 3 is 2.81 bits per heavy atom. The Morgan fingerprint density at radius 2 is 2.04 bits per heavy atom. The van der Waals surface area contributed by atoms with Crippen LogP contribution in [0.2, 0.25) is 0 Å². The lowest BCUT2D eigenvalue weighted by molar-refractivity contribution is 0.0323. The highest BCUT2D eigenvalue weighted by Crippen LogP contribution is 2.32. The van der Waals surface area contributed by atoms with Gasteiger partial charge in [-0.3, -0.25) is 4.90 Å². The molecule has 0 saturated carbocycles. The minimum Gasteiger partial charge on any atom is -0.490 e. The van der Waals surface area contributed by atoms with Crippen LogP contribution in [-0.4, -0.2) is 49.3 Å². The first-order valence-corrected chi connectivity index (χ1v) is 9.38. The molecule has 2 N–H and O–H groups in total. The van der Waals surface area contributed by atoms with Crippen LogP contribution in [0.15, 0.2) is 45.3 Å². The zero-order valence-electron chi connectivity index (χ0n) is 14.3. The third kappa shape index (κ3) is 3.70. The predicted molar refractivity (Wildman–Crippen MR) is 104 cm³/mol. The van der Waals surface area contributed by atoms with E-state index in [1.165, 1.54) is 0 Å². The minimum absolute atomic E-state index is 0.540. The van der Waals surface area contributed by atoms with Crippen LogP contribution in [0.3, 0.4) is 0 Å². The van der Waals surface area contributed by atoms with E-state index in [1.807, 2.05) is 36.4 Å². The van der Waals surface area contributed by atoms with Crippen LogP contribution in [0.1, 0.15) is 0 Å². The van der Waals surface area contributed by atoms with Gasteiger partial charge in [-0.25, -0.2) is 4.98 Å². The van der Waals surface area contributed by atoms with E-state index in [0.29, 0.717) is 23.9 Å². The maximum atomic E-state index is 6.16. The number of rotatable bonds is 5. The number of nitrogens with zero attached hydrogens (tertiary/aromatic N) is 2. The zero-order valence-corrected chi connectivity index (χ0v) is 15.9. The highest BCUT2D eigenvalue weighted by atomic mass is 79.9. The summed E-state index contributed by atoms with van der Waals surface area (Å²) in [5.41, 5.74) is 9.10. The van der Waals surface area contributed by atoms with Gasteiger partial charge in [0.25, 0.3) is 0 Å². The monoisotopic (exact) mass is 417 g/mol. The first-order chi connectivity index (χ1) is 12.7. The maximum Gasteiger partial charge on any atom is 0.227 e. The van der Waals surface area contributed by atoms with E-state index >= 15 is 0 Å². The second-order valence-electron chi connectivity index (χ2n) is 6.16. The van der Waals surface area contributed by atoms with E-state index in [9.17, 15) is 0 Å². The molecule has 0 atom stereocenters. The van der Waals surface area contributed by atoms with Crippen molar-refractivity contribution in [3.05, 3.63) is 40.9 Å². The average Bonchev–Trinajstić information content (AvgIpc) is 3.10. The molecule has 3 aromatic rings. The van der Waals surface area contributed by atoms with Crippen molar-refractivity contribution in [2.75, 3.05) is 45.2 Å². The quantitative estimate of drug-likeness (QED) is 0.639. The second-order valence-corrected chi connectivity index (χ2v) is 7.02. The summed E-state index contributed by atoms with van der Waals surface area (Å²) in [5.74, 6) is 1.22. The Balaban J connectivity index is 1.45. The molecule has 2 aromatic carbocycles. The fraction of sp³-hybridized carbons (Fsp3) is 0.316. The number of oxazole rings is 1. The number of aromatic nitrogens is 1. The van der Waals surface area contributed by atoms with Gasteiger partial charge >= 0.3 is 0 Å². The van der Waals surface area contributed by atoms with E-state index in [2.05, 4.69) is 25.8 Å². The fourth-order valence-electron chi connectivity index (χ4n) is 2.96. The van der Waals surface area contributed by atoms with Crippen molar-refractivity contribution in [3.8, 4) is 17.2 Å². The third-order valence-electron chi connectivity index (χ3n) is 4.39. The van der Waals surface area contributed by atoms with Gasteiger partial charge in [0.1, 0.15) is 17.9 Å². The van der Waals surface area contributed by atoms with Gasteiger partial charge in [0.05, 0.1) is 23.4 Å². The number of fused-ring (bicyclic) bond motifs is 1. The van der Waals surface area contributed by atoms with Crippen molar-refractivity contribution in [3.63, 3.8) is 0 Å². The molecule has 0 amide bonds. The Morgan fingerprint density at radius 1 is 1.19 bits per heavy atom. The van der Waals surface area contributed by atoms with Crippen LogP contribution >= 0.6 is 15.9 Å². The molecule has 0 bridgehead atoms. The minimum atomic E-state index is 0.540. The SMILES string of the molecule is Nc1cc(-c2nc3cccc(Br)c3o2)ccc1OCCN1CCOCC1. The summed E-state index contributed by atoms with van der Waals surface area (Å²) in [5, 5.41) is 0. The van der Waals surface area contributed by atoms with Crippen molar-refractivity contribution >= 4 is 32.7 Å². The lowest BCUT2D eigenvalue weighted by atomic mass is 10.2. The summed E-state index contributed by atoms with van der Waals surface area (Å²) in [6, 6.07) is 11.4. The molecule has 2 heterocycles. The van der Waals surface area contributed by atoms with Crippen molar-refractivity contribution in [2.24, 2.45) is 0 Å². The van der Waals surface area contributed by atoms with Gasteiger partial charge in [-0.15, -0.1) is 0 Å². The highest BCUT2D eigenvalue weighted by molar-refractivity contribution is 9.10. The van der Waals surface area contributed by atoms with Gasteiger partial charge in [0, 0.05) is 25.2 Å². The number of anilines is 1. The molecular formula is C19H20BrN3O3. The maximum absolute atomic E-state index is 6.16. The van der Waals surface area contributed by atoms with Crippen LogP contribution in [0.25, 0.3) is 22.6 Å². The number of para-hydroxylation sites is 1. The highest BCUT2D eigenvalue weighted by Gasteiger charge is 2.13. The topological polar surface area (TPSA) is 73.8 Å². The van der Waals surface area contributed by atoms with Crippen molar-refractivity contribution < 1.29 is 13.9 Å². The molecule has 0 unspecified atom stereocenters. The molecule has 0 spiro atoms. The molecule has 136 valence electrons. The van der Waals surface area contributed by atoms with E-state index in [1.54, 1.807) is 0 Å². The number of hydrogen-bond donors (Lipinski definition) is 1. The predicted octanol–water partition coefficient (Wildman–Crippen LogP) is 3.55. The fourth-order valence-corrected chi connectivity index (χ4v) is 3.40. The number of morpholine rings is 1. The zero-order chi connectivity index (χ0) is 17.9. The molecule has 4 rings (SSSR count). The molecule has 7 heteroatoms. The van der Waals surface area contributed by atoms with Crippen LogP contribution < -0.4 is 10.5 Å². The van der Waals surface area contributed by atoms with E-state index < -0.39 is 0 Å². The summed E-state index contributed by atoms with van der Waals surface area (Å²) in [4.78, 5) is 6.85. The number of halogens is 1. The van der Waals surface area contributed by atoms with Crippen LogP contribution in [0.4, 0.5) is 5.69 Å². The number of nitrogens with two attached hydrogens (primary N) is 1. The van der Waals surface area contributed by atoms with E-state index in [-0.39, 0.29) is 0 Å². The smallest absolute Gasteiger partial charge is 0.227 e. The van der Waals surface area contributed by atoms with Crippen molar-refractivity contribution in [1.29, 1.82) is 0 Å². The first-order valence-electron chi connectivity index (χ1n) is 8.58. The van der Waals surface area contributed by atoms with Crippen LogP contribution in [0.5, 0.6) is 5.75 Å². The van der Waals surface area contributed by atoms with Gasteiger partial charge in [-0.2, -0.15) is 0 Å². The summed E-state index contributed by atoms with van der Waals surface area (Å²) in [6.45, 7) is 4.94. The number of ether oxygens (including phenoxy) is 2. The van der Waals surface area contributed by atoms with Gasteiger partial charge in [0.15, 0.2) is 5.58 Å². The Bertz CT molecular complexity index is 906. The molecule has 0 radical (unpaired) electrons. The molecule has 1 saturated heterocycles. The second kappa shape index (κ2) is 7.65. The lowest BCUT2D eigenvalue weighted by Crippen LogP contribution is -2.38. The van der Waals surface area contributed by atoms with Gasteiger partial charge in [-0.05, 0) is 46.3 Å². The summed E-state index contributed by atoms with van der Waals surface area (Å²) in [7, 11) is 0. The molecule has 1 aliphatic rings.